The fourth-order valence-electron chi connectivity index (χ4n) is 10.7. The first-order chi connectivity index (χ1) is 28.1. The number of aliphatic hydroxyl groups is 1. The van der Waals surface area contributed by atoms with E-state index in [0.717, 1.165) is 36.3 Å². The lowest BCUT2D eigenvalue weighted by Gasteiger charge is -2.53. The van der Waals surface area contributed by atoms with Crippen LogP contribution in [0, 0.1) is 0 Å². The number of allylic oxidation sites excluding steroid dienone is 8. The van der Waals surface area contributed by atoms with Gasteiger partial charge in [0.25, 0.3) is 0 Å². The summed E-state index contributed by atoms with van der Waals surface area (Å²) in [4.78, 5) is 8.93. The van der Waals surface area contributed by atoms with Crippen molar-refractivity contribution >= 4 is 85.8 Å². The Morgan fingerprint density at radius 2 is 1.18 bits per heavy atom. The van der Waals surface area contributed by atoms with Gasteiger partial charge in [-0.3, -0.25) is 0 Å². The van der Waals surface area contributed by atoms with Crippen molar-refractivity contribution < 1.29 is 5.11 Å². The highest BCUT2D eigenvalue weighted by Crippen LogP contribution is 2.48. The summed E-state index contributed by atoms with van der Waals surface area (Å²) < 4.78 is 9.92. The summed E-state index contributed by atoms with van der Waals surface area (Å²) in [5.41, 5.74) is 2.52. The van der Waals surface area contributed by atoms with E-state index >= 15 is 0 Å². The van der Waals surface area contributed by atoms with Crippen LogP contribution in [-0.2, 0) is 5.60 Å². The molecule has 8 aliphatic rings. The van der Waals surface area contributed by atoms with Crippen molar-refractivity contribution in [2.45, 2.75) is 51.0 Å². The number of rotatable bonds is 2. The van der Waals surface area contributed by atoms with Gasteiger partial charge in [-0.1, -0.05) is 133 Å². The lowest BCUT2D eigenvalue weighted by atomic mass is 9.41. The monoisotopic (exact) mass is 787 g/mol. The van der Waals surface area contributed by atoms with Gasteiger partial charge in [0.2, 0.25) is 0 Å². The molecule has 7 aliphatic heterocycles. The minimum absolute atomic E-state index is 0.00157. The highest BCUT2D eigenvalue weighted by Gasteiger charge is 2.54. The van der Waals surface area contributed by atoms with E-state index in [4.69, 9.17) is 4.98 Å². The molecule has 13 heteroatoms. The van der Waals surface area contributed by atoms with Crippen molar-refractivity contribution in [1.29, 1.82) is 0 Å². The number of nitrogens with zero attached hydrogens (tertiary/aromatic N) is 5. The van der Waals surface area contributed by atoms with Crippen molar-refractivity contribution in [3.05, 3.63) is 181 Å². The molecule has 6 nitrogen and oxygen atoms in total. The molecule has 1 atom stereocenters. The standard InChI is InChI=1S/C44H37B4N5OS2Si/c54-44(22-5-6-23-44)34-19-20-39-42(55-35-14-1-3-16-37(35)57(39)38-17-4-2-15-36(38)56-43-40(57)18-13-27-49-43)41(34)33-21-31-53-47-26-8-11-29-51(47)45-24-7-10-28-50(45)46-25-9-12-30-52(46)48(53)32-33/h1-4,7-21,24-32,54H,5-6,22-23H2. The Morgan fingerprint density at radius 1 is 0.596 bits per heavy atom. The lowest BCUT2D eigenvalue weighted by molar-refractivity contribution is 0.0440. The Morgan fingerprint density at radius 3 is 1.84 bits per heavy atom. The molecule has 0 radical (unpaired) electrons. The molecule has 0 bridgehead atoms. The number of pyridine rings is 1. The van der Waals surface area contributed by atoms with Gasteiger partial charge in [0.05, 0.1) is 5.60 Å². The zero-order valence-corrected chi connectivity index (χ0v) is 33.9. The van der Waals surface area contributed by atoms with Crippen LogP contribution < -0.4 is 20.7 Å². The minimum Gasteiger partial charge on any atom is -0.423 e. The maximum Gasteiger partial charge on any atom is 0.381 e. The molecule has 0 amide bonds. The summed E-state index contributed by atoms with van der Waals surface area (Å²) in [5, 5.41) is 19.4. The summed E-state index contributed by atoms with van der Waals surface area (Å²) in [7, 11) is -2.88. The van der Waals surface area contributed by atoms with Crippen molar-refractivity contribution in [2.24, 2.45) is 0 Å². The Kier molecular flexibility index (Phi) is 7.81. The molecule has 1 aliphatic carbocycles. The van der Waals surface area contributed by atoms with Crippen molar-refractivity contribution in [2.75, 3.05) is 0 Å². The van der Waals surface area contributed by atoms with Crippen LogP contribution in [0.4, 0.5) is 0 Å². The highest BCUT2D eigenvalue weighted by molar-refractivity contribution is 8.01. The van der Waals surface area contributed by atoms with Gasteiger partial charge >= 0.3 is 27.9 Å². The fraction of sp³-hybridized carbons (Fsp3) is 0.114. The van der Waals surface area contributed by atoms with Crippen molar-refractivity contribution in [1.82, 2.24) is 23.9 Å². The molecular weight excluding hydrogens is 750 g/mol. The Labute approximate surface area is 345 Å². The number of hydrogen-bond donors (Lipinski definition) is 1. The molecule has 3 aromatic carbocycles. The lowest BCUT2D eigenvalue weighted by Crippen LogP contribution is -2.78. The summed E-state index contributed by atoms with van der Waals surface area (Å²) in [6, 6.07) is 27.4. The maximum atomic E-state index is 12.7. The summed E-state index contributed by atoms with van der Waals surface area (Å²) in [6.45, 7) is -0.0529. The summed E-state index contributed by atoms with van der Waals surface area (Å²) in [6.07, 6.45) is 29.9. The van der Waals surface area contributed by atoms with E-state index in [1.807, 2.05) is 18.0 Å². The van der Waals surface area contributed by atoms with E-state index in [0.29, 0.717) is 0 Å². The van der Waals surface area contributed by atoms with E-state index < -0.39 is 13.7 Å². The molecule has 1 saturated carbocycles. The normalized spacial score (nSPS) is 22.6. The van der Waals surface area contributed by atoms with Crippen LogP contribution >= 0.6 is 23.5 Å². The van der Waals surface area contributed by atoms with Crippen molar-refractivity contribution in [3.8, 4) is 0 Å². The molecule has 4 aromatic rings. The third-order valence-corrected chi connectivity index (χ3v) is 21.1. The largest absolute Gasteiger partial charge is 0.423 e. The molecule has 2 fully saturated rings. The minimum atomic E-state index is -2.88. The van der Waals surface area contributed by atoms with E-state index in [1.54, 1.807) is 11.8 Å². The second-order valence-corrected chi connectivity index (χ2v) is 21.7. The quantitative estimate of drug-likeness (QED) is 0.227. The average Bonchev–Trinajstić information content (AvgIpc) is 3.72. The molecule has 272 valence electrons. The Hall–Kier alpha value is -4.93. The maximum absolute atomic E-state index is 12.7. The van der Waals surface area contributed by atoms with Crippen LogP contribution in [0.2, 0.25) is 0 Å². The predicted molar refractivity (Wildman–Crippen MR) is 241 cm³/mol. The van der Waals surface area contributed by atoms with E-state index in [1.165, 1.54) is 46.6 Å². The van der Waals surface area contributed by atoms with Gasteiger partial charge in [-0.2, -0.15) is 0 Å². The topological polar surface area (TPSA) is 46.1 Å². The first-order valence-corrected chi connectivity index (χ1v) is 23.7. The smallest absolute Gasteiger partial charge is 0.381 e. The van der Waals surface area contributed by atoms with Crippen LogP contribution in [0.15, 0.2) is 190 Å². The van der Waals surface area contributed by atoms with Gasteiger partial charge in [-0.15, -0.1) is 0 Å². The van der Waals surface area contributed by atoms with Gasteiger partial charge in [-0.25, -0.2) is 4.98 Å². The van der Waals surface area contributed by atoms with Gasteiger partial charge in [0.15, 0.2) is 8.07 Å². The summed E-state index contributed by atoms with van der Waals surface area (Å²) in [5.74, 6) is 9.41. The van der Waals surface area contributed by atoms with Crippen LogP contribution in [0.25, 0.3) is 5.57 Å². The average molecular weight is 787 g/mol. The second-order valence-electron chi connectivity index (χ2n) is 16.0. The molecule has 12 rings (SSSR count). The molecule has 1 aromatic heterocycles. The van der Waals surface area contributed by atoms with Crippen LogP contribution in [-0.4, -0.2) is 65.0 Å². The van der Waals surface area contributed by atoms with Crippen LogP contribution in [0.1, 0.15) is 36.8 Å². The van der Waals surface area contributed by atoms with Gasteiger partial charge in [0.1, 0.15) is 5.03 Å². The zero-order chi connectivity index (χ0) is 37.7. The number of hydrogen-bond acceptors (Lipinski definition) is 8. The molecule has 1 unspecified atom stereocenters. The molecule has 1 spiro atoms. The third kappa shape index (κ3) is 4.92. The van der Waals surface area contributed by atoms with Crippen LogP contribution in [0.5, 0.6) is 0 Å². The Balaban J connectivity index is 1.12. The van der Waals surface area contributed by atoms with E-state index in [-0.39, 0.29) is 27.9 Å². The molecule has 8 heterocycles. The second kappa shape index (κ2) is 13.0. The predicted octanol–water partition coefficient (Wildman–Crippen LogP) is 5.64. The molecular formula is C44H37B4N5OS2Si. The highest BCUT2D eigenvalue weighted by atomic mass is 32.2. The van der Waals surface area contributed by atoms with E-state index in [9.17, 15) is 5.11 Å². The van der Waals surface area contributed by atoms with Crippen LogP contribution in [0.3, 0.4) is 0 Å². The molecule has 57 heavy (non-hydrogen) atoms. The SMILES string of the molecule is OC1(c2ccc3c(c2C2=CB4N5C=CC=CB5N5C=CC=CB5N5C=CC=CB5N4C=C2)Sc2ccccc2[Si]32c3ccccc3Sc3ncccc32)CCCC1. The van der Waals surface area contributed by atoms with Gasteiger partial charge in [0, 0.05) is 26.4 Å². The number of aromatic nitrogens is 1. The number of fused-ring (bicyclic) bond motifs is 16. The van der Waals surface area contributed by atoms with Crippen molar-refractivity contribution in [3.63, 3.8) is 0 Å². The van der Waals surface area contributed by atoms with E-state index in [2.05, 4.69) is 183 Å². The van der Waals surface area contributed by atoms with Gasteiger partial charge in [-0.05, 0) is 112 Å². The first kappa shape index (κ1) is 34.1. The molecule has 1 N–H and O–H groups in total. The Bertz CT molecular complexity index is 2530. The third-order valence-electron chi connectivity index (χ3n) is 13.1. The fourth-order valence-corrected chi connectivity index (χ4v) is 19.9. The summed E-state index contributed by atoms with van der Waals surface area (Å²) >= 11 is 3.70. The molecule has 1 saturated heterocycles. The first-order valence-electron chi connectivity index (χ1n) is 20.1. The number of benzene rings is 3. The van der Waals surface area contributed by atoms with Gasteiger partial charge < -0.3 is 24.0 Å². The zero-order valence-electron chi connectivity index (χ0n) is 31.3.